The highest BCUT2D eigenvalue weighted by atomic mass is 35.5. The summed E-state index contributed by atoms with van der Waals surface area (Å²) in [5.74, 6) is -1.65. The Balaban J connectivity index is 2.20. The minimum Gasteiger partial charge on any atom is -0.495 e. The number of ether oxygens (including phenoxy) is 1. The minimum atomic E-state index is -3.86. The summed E-state index contributed by atoms with van der Waals surface area (Å²) in [4.78, 5) is -0.0801. The number of primary sulfonamides is 1. The second-order valence-electron chi connectivity index (χ2n) is 5.73. The highest BCUT2D eigenvalue weighted by molar-refractivity contribution is 7.89. The lowest BCUT2D eigenvalue weighted by atomic mass is 9.94. The van der Waals surface area contributed by atoms with E-state index in [1.807, 2.05) is 0 Å². The zero-order chi connectivity index (χ0) is 19.8. The highest BCUT2D eigenvalue weighted by Gasteiger charge is 2.16. The second kappa shape index (κ2) is 7.26. The van der Waals surface area contributed by atoms with Gasteiger partial charge >= 0.3 is 0 Å². The summed E-state index contributed by atoms with van der Waals surface area (Å²) in [6.07, 6.45) is 0. The molecule has 0 saturated carbocycles. The van der Waals surface area contributed by atoms with Gasteiger partial charge in [-0.2, -0.15) is 0 Å². The number of hydrogen-bond acceptors (Lipinski definition) is 3. The number of hydrogen-bond donors (Lipinski definition) is 1. The largest absolute Gasteiger partial charge is 0.495 e. The van der Waals surface area contributed by atoms with Crippen molar-refractivity contribution >= 4 is 21.6 Å². The molecule has 3 aromatic carbocycles. The van der Waals surface area contributed by atoms with Crippen LogP contribution in [0.25, 0.3) is 22.3 Å². The van der Waals surface area contributed by atoms with E-state index in [1.54, 1.807) is 18.2 Å². The summed E-state index contributed by atoms with van der Waals surface area (Å²) in [7, 11) is -2.41. The van der Waals surface area contributed by atoms with Gasteiger partial charge in [0.1, 0.15) is 5.75 Å². The maximum absolute atomic E-state index is 13.9. The van der Waals surface area contributed by atoms with Gasteiger partial charge in [0, 0.05) is 0 Å². The molecule has 0 aliphatic rings. The van der Waals surface area contributed by atoms with E-state index in [-0.39, 0.29) is 4.90 Å². The van der Waals surface area contributed by atoms with Crippen LogP contribution in [0.1, 0.15) is 0 Å². The molecule has 8 heteroatoms. The Kier molecular flexibility index (Phi) is 5.19. The van der Waals surface area contributed by atoms with Crippen molar-refractivity contribution in [2.75, 3.05) is 7.11 Å². The summed E-state index contributed by atoms with van der Waals surface area (Å²) < 4.78 is 55.8. The number of methoxy groups -OCH3 is 1. The van der Waals surface area contributed by atoms with Gasteiger partial charge in [0.15, 0.2) is 11.6 Å². The van der Waals surface area contributed by atoms with Gasteiger partial charge in [-0.05, 0) is 58.7 Å². The fraction of sp³-hybridized carbons (Fsp3) is 0.0526. The van der Waals surface area contributed by atoms with Gasteiger partial charge in [0.25, 0.3) is 0 Å². The Labute approximate surface area is 160 Å². The van der Waals surface area contributed by atoms with Crippen LogP contribution in [0, 0.1) is 11.6 Å². The van der Waals surface area contributed by atoms with Gasteiger partial charge in [0.2, 0.25) is 10.0 Å². The monoisotopic (exact) mass is 409 g/mol. The molecule has 0 aliphatic heterocycles. The van der Waals surface area contributed by atoms with Crippen molar-refractivity contribution in [2.45, 2.75) is 4.90 Å². The molecule has 0 saturated heterocycles. The molecule has 0 atom stereocenters. The summed E-state index contributed by atoms with van der Waals surface area (Å²) in [5.41, 5.74) is 1.82. The lowest BCUT2D eigenvalue weighted by molar-refractivity contribution is 0.415. The van der Waals surface area contributed by atoms with Crippen LogP contribution >= 0.6 is 11.6 Å². The van der Waals surface area contributed by atoms with Gasteiger partial charge in [-0.1, -0.05) is 29.8 Å². The zero-order valence-corrected chi connectivity index (χ0v) is 15.6. The molecule has 27 heavy (non-hydrogen) atoms. The predicted octanol–water partition coefficient (Wildman–Crippen LogP) is 4.61. The summed E-state index contributed by atoms with van der Waals surface area (Å²) >= 11 is 6.03. The van der Waals surface area contributed by atoms with Gasteiger partial charge < -0.3 is 4.74 Å². The fourth-order valence-electron chi connectivity index (χ4n) is 2.68. The number of halogens is 3. The van der Waals surface area contributed by atoms with Crippen molar-refractivity contribution in [2.24, 2.45) is 5.14 Å². The Bertz CT molecular complexity index is 1120. The average molecular weight is 410 g/mol. The van der Waals surface area contributed by atoms with Crippen LogP contribution in [0.3, 0.4) is 0 Å². The first-order valence-corrected chi connectivity index (χ1v) is 9.59. The quantitative estimate of drug-likeness (QED) is 0.684. The van der Waals surface area contributed by atoms with E-state index in [9.17, 15) is 17.2 Å². The number of rotatable bonds is 4. The molecular weight excluding hydrogens is 396 g/mol. The average Bonchev–Trinajstić information content (AvgIpc) is 2.63. The molecular formula is C19H14ClF2NO3S. The van der Waals surface area contributed by atoms with Gasteiger partial charge in [-0.25, -0.2) is 22.3 Å². The van der Waals surface area contributed by atoms with Crippen molar-refractivity contribution in [3.05, 3.63) is 71.3 Å². The maximum Gasteiger partial charge on any atom is 0.238 e. The van der Waals surface area contributed by atoms with Crippen molar-refractivity contribution in [1.29, 1.82) is 0 Å². The standard InChI is InChI=1S/C19H14ClF2NO3S/c1-26-19-8-12(4-7-16(19)20)15-10-18(22)17(21)9-14(15)11-2-5-13(6-3-11)27(23,24)25/h2-10H,1H3,(H2,23,24,25). The molecule has 0 aromatic heterocycles. The van der Waals surface area contributed by atoms with E-state index in [2.05, 4.69) is 0 Å². The molecule has 0 fully saturated rings. The Morgan fingerprint density at radius 1 is 0.889 bits per heavy atom. The van der Waals surface area contributed by atoms with E-state index >= 15 is 0 Å². The molecule has 0 amide bonds. The normalized spacial score (nSPS) is 11.4. The second-order valence-corrected chi connectivity index (χ2v) is 7.70. The third-order valence-corrected chi connectivity index (χ3v) is 5.26. The van der Waals surface area contributed by atoms with Gasteiger partial charge in [-0.3, -0.25) is 0 Å². The Hall–Kier alpha value is -2.48. The molecule has 0 unspecified atom stereocenters. The first-order chi connectivity index (χ1) is 12.7. The lowest BCUT2D eigenvalue weighted by Crippen LogP contribution is -2.11. The van der Waals surface area contributed by atoms with Crippen LogP contribution in [0.4, 0.5) is 8.78 Å². The van der Waals surface area contributed by atoms with Crippen LogP contribution in [-0.4, -0.2) is 15.5 Å². The van der Waals surface area contributed by atoms with Crippen molar-refractivity contribution < 1.29 is 21.9 Å². The van der Waals surface area contributed by atoms with Crippen molar-refractivity contribution in [3.8, 4) is 28.0 Å². The van der Waals surface area contributed by atoms with E-state index in [4.69, 9.17) is 21.5 Å². The molecule has 3 aromatic rings. The number of nitrogens with two attached hydrogens (primary N) is 1. The van der Waals surface area contributed by atoms with Crippen molar-refractivity contribution in [1.82, 2.24) is 0 Å². The van der Waals surface area contributed by atoms with Gasteiger partial charge in [0.05, 0.1) is 17.0 Å². The third kappa shape index (κ3) is 3.95. The first-order valence-electron chi connectivity index (χ1n) is 7.67. The molecule has 0 spiro atoms. The zero-order valence-electron chi connectivity index (χ0n) is 14.0. The third-order valence-electron chi connectivity index (χ3n) is 4.02. The van der Waals surface area contributed by atoms with E-state index in [0.717, 1.165) is 12.1 Å². The first kappa shape index (κ1) is 19.3. The molecule has 0 heterocycles. The summed E-state index contributed by atoms with van der Waals surface area (Å²) in [6, 6.07) is 12.5. The van der Waals surface area contributed by atoms with Gasteiger partial charge in [-0.15, -0.1) is 0 Å². The number of benzene rings is 3. The van der Waals surface area contributed by atoms with E-state index in [1.165, 1.54) is 31.4 Å². The minimum absolute atomic E-state index is 0.0801. The predicted molar refractivity (Wildman–Crippen MR) is 100 cm³/mol. The molecule has 3 rings (SSSR count). The number of sulfonamides is 1. The molecule has 0 bridgehead atoms. The fourth-order valence-corrected chi connectivity index (χ4v) is 3.39. The van der Waals surface area contributed by atoms with Crippen LogP contribution < -0.4 is 9.88 Å². The molecule has 0 aliphatic carbocycles. The smallest absolute Gasteiger partial charge is 0.238 e. The SMILES string of the molecule is COc1cc(-c2cc(F)c(F)cc2-c2ccc(S(N)(=O)=O)cc2)ccc1Cl. The molecule has 140 valence electrons. The van der Waals surface area contributed by atoms with E-state index in [0.29, 0.717) is 33.0 Å². The molecule has 4 nitrogen and oxygen atoms in total. The van der Waals surface area contributed by atoms with E-state index < -0.39 is 21.7 Å². The van der Waals surface area contributed by atoms with Crippen LogP contribution in [-0.2, 0) is 10.0 Å². The molecule has 2 N–H and O–H groups in total. The van der Waals surface area contributed by atoms with Crippen LogP contribution in [0.2, 0.25) is 5.02 Å². The summed E-state index contributed by atoms with van der Waals surface area (Å²) in [5, 5.41) is 5.47. The Morgan fingerprint density at radius 2 is 1.41 bits per heavy atom. The Morgan fingerprint density at radius 3 is 1.93 bits per heavy atom. The van der Waals surface area contributed by atoms with Crippen LogP contribution in [0.15, 0.2) is 59.5 Å². The van der Waals surface area contributed by atoms with Crippen molar-refractivity contribution in [3.63, 3.8) is 0 Å². The lowest BCUT2D eigenvalue weighted by Gasteiger charge is -2.13. The summed E-state index contributed by atoms with van der Waals surface area (Å²) in [6.45, 7) is 0. The highest BCUT2D eigenvalue weighted by Crippen LogP contribution is 2.37. The topological polar surface area (TPSA) is 69.4 Å². The van der Waals surface area contributed by atoms with Crippen LogP contribution in [0.5, 0.6) is 5.75 Å². The maximum atomic E-state index is 13.9. The molecule has 0 radical (unpaired) electrons.